The Morgan fingerprint density at radius 1 is 1.15 bits per heavy atom. The van der Waals surface area contributed by atoms with E-state index >= 15 is 0 Å². The molecule has 0 spiro atoms. The molecule has 1 saturated heterocycles. The van der Waals surface area contributed by atoms with E-state index in [1.165, 1.54) is 0 Å². The average molecular weight is 372 g/mol. The number of aromatic nitrogens is 4. The van der Waals surface area contributed by atoms with Crippen LogP contribution in [0.4, 0.5) is 5.82 Å². The number of rotatable bonds is 4. The molecule has 138 valence electrons. The first-order valence-electron chi connectivity index (χ1n) is 9.13. The zero-order valence-corrected chi connectivity index (χ0v) is 15.9. The van der Waals surface area contributed by atoms with Crippen molar-refractivity contribution in [2.45, 2.75) is 25.6 Å². The van der Waals surface area contributed by atoms with Crippen LogP contribution in [-0.4, -0.2) is 63.1 Å². The zero-order chi connectivity index (χ0) is 17.9. The third-order valence-corrected chi connectivity index (χ3v) is 5.98. The first kappa shape index (κ1) is 17.5. The molecule has 4 heterocycles. The Labute approximate surface area is 157 Å². The van der Waals surface area contributed by atoms with E-state index < -0.39 is 0 Å². The van der Waals surface area contributed by atoms with Gasteiger partial charge in [-0.05, 0) is 18.2 Å². The maximum Gasteiger partial charge on any atom is 0.267 e. The molecule has 2 aliphatic rings. The van der Waals surface area contributed by atoms with Gasteiger partial charge in [0.15, 0.2) is 0 Å². The summed E-state index contributed by atoms with van der Waals surface area (Å²) in [5.41, 5.74) is 3.20. The van der Waals surface area contributed by atoms with Gasteiger partial charge >= 0.3 is 0 Å². The van der Waals surface area contributed by atoms with Gasteiger partial charge in [0.05, 0.1) is 24.1 Å². The molecule has 1 fully saturated rings. The third-order valence-electron chi connectivity index (χ3n) is 4.97. The predicted octanol–water partition coefficient (Wildman–Crippen LogP) is 0.953. The molecule has 0 atom stereocenters. The minimum Gasteiger partial charge on any atom is -0.353 e. The van der Waals surface area contributed by atoms with Crippen LogP contribution in [0.25, 0.3) is 0 Å². The van der Waals surface area contributed by atoms with Crippen molar-refractivity contribution in [3.8, 4) is 0 Å². The number of fused-ring (bicyclic) bond motifs is 1. The van der Waals surface area contributed by atoms with E-state index in [2.05, 4.69) is 24.9 Å². The number of piperazine rings is 1. The molecule has 2 aliphatic heterocycles. The Hall–Kier alpha value is -1.93. The van der Waals surface area contributed by atoms with Crippen LogP contribution in [0.15, 0.2) is 23.3 Å². The molecule has 0 amide bonds. The molecular weight excluding hydrogens is 348 g/mol. The molecule has 0 saturated carbocycles. The Bertz CT molecular complexity index is 831. The molecule has 0 radical (unpaired) electrons. The third kappa shape index (κ3) is 3.91. The van der Waals surface area contributed by atoms with Crippen molar-refractivity contribution >= 4 is 17.6 Å². The lowest BCUT2D eigenvalue weighted by atomic mass is 10.2. The van der Waals surface area contributed by atoms with Crippen LogP contribution in [-0.2, 0) is 18.7 Å². The Morgan fingerprint density at radius 2 is 2.00 bits per heavy atom. The maximum absolute atomic E-state index is 12.3. The number of anilines is 1. The van der Waals surface area contributed by atoms with Crippen LogP contribution < -0.4 is 10.5 Å². The second kappa shape index (κ2) is 7.75. The summed E-state index contributed by atoms with van der Waals surface area (Å²) >= 11 is 1.88. The van der Waals surface area contributed by atoms with Gasteiger partial charge in [0.2, 0.25) is 0 Å². The second-order valence-electron chi connectivity index (χ2n) is 6.83. The minimum atomic E-state index is 0.0277. The van der Waals surface area contributed by atoms with E-state index in [1.807, 2.05) is 24.9 Å². The molecular formula is C18H24N6OS. The van der Waals surface area contributed by atoms with Crippen molar-refractivity contribution in [3.63, 3.8) is 0 Å². The van der Waals surface area contributed by atoms with Gasteiger partial charge in [-0.2, -0.15) is 16.9 Å². The predicted molar refractivity (Wildman–Crippen MR) is 104 cm³/mol. The van der Waals surface area contributed by atoms with Gasteiger partial charge in [-0.3, -0.25) is 14.7 Å². The van der Waals surface area contributed by atoms with Crippen molar-refractivity contribution in [1.29, 1.82) is 0 Å². The van der Waals surface area contributed by atoms with Crippen molar-refractivity contribution in [1.82, 2.24) is 24.6 Å². The van der Waals surface area contributed by atoms with Crippen LogP contribution in [0, 0.1) is 6.92 Å². The first-order chi connectivity index (χ1) is 12.7. The van der Waals surface area contributed by atoms with Gasteiger partial charge in [-0.25, -0.2) is 9.67 Å². The van der Waals surface area contributed by atoms with E-state index in [-0.39, 0.29) is 5.56 Å². The number of hydrogen-bond donors (Lipinski definition) is 0. The Kier molecular flexibility index (Phi) is 5.21. The van der Waals surface area contributed by atoms with Gasteiger partial charge < -0.3 is 4.90 Å². The number of aryl methyl sites for hydroxylation is 2. The molecule has 0 aromatic carbocycles. The fourth-order valence-electron chi connectivity index (χ4n) is 3.45. The summed E-state index contributed by atoms with van der Waals surface area (Å²) in [6, 6.07) is 1.78. The van der Waals surface area contributed by atoms with Crippen LogP contribution in [0.5, 0.6) is 0 Å². The smallest absolute Gasteiger partial charge is 0.267 e. The van der Waals surface area contributed by atoms with E-state index in [4.69, 9.17) is 0 Å². The highest BCUT2D eigenvalue weighted by Gasteiger charge is 2.19. The highest BCUT2D eigenvalue weighted by atomic mass is 32.2. The summed E-state index contributed by atoms with van der Waals surface area (Å²) in [6.45, 7) is 7.27. The first-order valence-corrected chi connectivity index (χ1v) is 10.3. The molecule has 7 nitrogen and oxygen atoms in total. The van der Waals surface area contributed by atoms with Gasteiger partial charge in [0.25, 0.3) is 5.56 Å². The molecule has 0 aliphatic carbocycles. The fourth-order valence-corrected chi connectivity index (χ4v) is 4.40. The molecule has 2 aromatic heterocycles. The highest BCUT2D eigenvalue weighted by Crippen LogP contribution is 2.21. The summed E-state index contributed by atoms with van der Waals surface area (Å²) in [6.07, 6.45) is 4.58. The lowest BCUT2D eigenvalue weighted by molar-refractivity contribution is 0.242. The average Bonchev–Trinajstić information content (AvgIpc) is 2.67. The standard InChI is InChI=1S/C18H24N6OS/c1-14-11-19-12-17(20-14)23-6-3-22(4-7-23)5-8-24-18(25)10-15-13-26-9-2-16(15)21-24/h10-12H,2-9,13H2,1H3. The van der Waals surface area contributed by atoms with Crippen molar-refractivity contribution < 1.29 is 0 Å². The molecule has 0 N–H and O–H groups in total. The maximum atomic E-state index is 12.3. The lowest BCUT2D eigenvalue weighted by Crippen LogP contribution is -2.48. The molecule has 0 bridgehead atoms. The van der Waals surface area contributed by atoms with Crippen LogP contribution in [0.1, 0.15) is 17.0 Å². The highest BCUT2D eigenvalue weighted by molar-refractivity contribution is 7.98. The SMILES string of the molecule is Cc1cncc(N2CCN(CCn3nc4c(cc3=O)CSCC4)CC2)n1. The monoisotopic (exact) mass is 372 g/mol. The minimum absolute atomic E-state index is 0.0277. The Morgan fingerprint density at radius 3 is 2.81 bits per heavy atom. The number of nitrogens with zero attached hydrogens (tertiary/aromatic N) is 6. The zero-order valence-electron chi connectivity index (χ0n) is 15.1. The van der Waals surface area contributed by atoms with Crippen molar-refractivity contribution in [3.05, 3.63) is 45.8 Å². The van der Waals surface area contributed by atoms with E-state index in [0.29, 0.717) is 6.54 Å². The van der Waals surface area contributed by atoms with E-state index in [1.54, 1.807) is 16.9 Å². The fraction of sp³-hybridized carbons (Fsp3) is 0.556. The molecule has 2 aromatic rings. The van der Waals surface area contributed by atoms with Crippen LogP contribution in [0.3, 0.4) is 0 Å². The van der Waals surface area contributed by atoms with Gasteiger partial charge in [0, 0.05) is 57.2 Å². The largest absolute Gasteiger partial charge is 0.353 e. The van der Waals surface area contributed by atoms with Gasteiger partial charge in [-0.15, -0.1) is 0 Å². The summed E-state index contributed by atoms with van der Waals surface area (Å²) in [5, 5.41) is 4.60. The molecule has 0 unspecified atom stereocenters. The molecule has 4 rings (SSSR count). The quantitative estimate of drug-likeness (QED) is 0.792. The molecule has 26 heavy (non-hydrogen) atoms. The summed E-state index contributed by atoms with van der Waals surface area (Å²) in [5.74, 6) is 2.97. The normalized spacial score (nSPS) is 18.0. The van der Waals surface area contributed by atoms with Crippen LogP contribution >= 0.6 is 11.8 Å². The van der Waals surface area contributed by atoms with Crippen LogP contribution in [0.2, 0.25) is 0 Å². The lowest BCUT2D eigenvalue weighted by Gasteiger charge is -2.35. The second-order valence-corrected chi connectivity index (χ2v) is 7.93. The summed E-state index contributed by atoms with van der Waals surface area (Å²) < 4.78 is 1.65. The summed E-state index contributed by atoms with van der Waals surface area (Å²) in [7, 11) is 0. The van der Waals surface area contributed by atoms with Crippen molar-refractivity contribution in [2.24, 2.45) is 0 Å². The Balaban J connectivity index is 1.33. The molecule has 8 heteroatoms. The van der Waals surface area contributed by atoms with Crippen molar-refractivity contribution in [2.75, 3.05) is 43.4 Å². The summed E-state index contributed by atoms with van der Waals surface area (Å²) in [4.78, 5) is 25.7. The van der Waals surface area contributed by atoms with E-state index in [0.717, 1.165) is 73.4 Å². The van der Waals surface area contributed by atoms with Gasteiger partial charge in [-0.1, -0.05) is 0 Å². The van der Waals surface area contributed by atoms with E-state index in [9.17, 15) is 4.79 Å². The number of hydrogen-bond acceptors (Lipinski definition) is 7. The topological polar surface area (TPSA) is 67.2 Å². The number of thioether (sulfide) groups is 1. The van der Waals surface area contributed by atoms with Gasteiger partial charge in [0.1, 0.15) is 5.82 Å².